The summed E-state index contributed by atoms with van der Waals surface area (Å²) in [5.74, 6) is -0.414. The molecule has 1 amide bonds. The molecule has 0 atom stereocenters. The first-order chi connectivity index (χ1) is 9.63. The van der Waals surface area contributed by atoms with E-state index in [2.05, 4.69) is 0 Å². The Labute approximate surface area is 117 Å². The molecule has 0 aromatic heterocycles. The van der Waals surface area contributed by atoms with Gasteiger partial charge in [0, 0.05) is 24.7 Å². The summed E-state index contributed by atoms with van der Waals surface area (Å²) in [5, 5.41) is 9.19. The maximum Gasteiger partial charge on any atom is 0.335 e. The van der Waals surface area contributed by atoms with E-state index in [0.717, 1.165) is 25.7 Å². The van der Waals surface area contributed by atoms with Crippen LogP contribution in [0.2, 0.25) is 0 Å². The second-order valence-corrected chi connectivity index (χ2v) is 5.34. The van der Waals surface area contributed by atoms with Gasteiger partial charge in [-0.1, -0.05) is 0 Å². The lowest BCUT2D eigenvalue weighted by atomic mass is 9.96. The standard InChI is InChI=1S/C15H17NO4/c17-14-5-2-6-16(14)11-7-10(15(18)19)8-13(9-11)20-12-3-1-4-12/h7-9,12H,1-6H2,(H,18,19). The first kappa shape index (κ1) is 13.0. The van der Waals surface area contributed by atoms with Crippen LogP contribution in [0, 0.1) is 0 Å². The highest BCUT2D eigenvalue weighted by Crippen LogP contribution is 2.31. The number of hydrogen-bond donors (Lipinski definition) is 1. The first-order valence-electron chi connectivity index (χ1n) is 6.99. The molecule has 1 heterocycles. The van der Waals surface area contributed by atoms with Crippen LogP contribution in [-0.4, -0.2) is 29.6 Å². The van der Waals surface area contributed by atoms with Gasteiger partial charge in [0.05, 0.1) is 11.7 Å². The Balaban J connectivity index is 1.91. The number of carbonyl (C=O) groups excluding carboxylic acids is 1. The van der Waals surface area contributed by atoms with Crippen LogP contribution in [0.1, 0.15) is 42.5 Å². The molecule has 2 fully saturated rings. The van der Waals surface area contributed by atoms with Crippen molar-refractivity contribution in [3.8, 4) is 5.75 Å². The van der Waals surface area contributed by atoms with E-state index in [1.54, 1.807) is 17.0 Å². The molecule has 1 aromatic rings. The Bertz CT molecular complexity index is 551. The van der Waals surface area contributed by atoms with Crippen molar-refractivity contribution in [2.24, 2.45) is 0 Å². The molecular weight excluding hydrogens is 258 g/mol. The molecule has 1 N–H and O–H groups in total. The van der Waals surface area contributed by atoms with Crippen LogP contribution in [0.25, 0.3) is 0 Å². The number of carboxylic acids is 1. The highest BCUT2D eigenvalue weighted by molar-refractivity contribution is 5.97. The molecular formula is C15H17NO4. The lowest BCUT2D eigenvalue weighted by Crippen LogP contribution is -2.26. The van der Waals surface area contributed by atoms with Gasteiger partial charge in [0.1, 0.15) is 5.75 Å². The minimum absolute atomic E-state index is 0.0436. The zero-order chi connectivity index (χ0) is 14.1. The quantitative estimate of drug-likeness (QED) is 0.916. The molecule has 0 bridgehead atoms. The first-order valence-corrected chi connectivity index (χ1v) is 6.99. The second kappa shape index (κ2) is 5.15. The molecule has 1 saturated carbocycles. The van der Waals surface area contributed by atoms with Gasteiger partial charge in [-0.2, -0.15) is 0 Å². The Morgan fingerprint density at radius 3 is 2.60 bits per heavy atom. The summed E-state index contributed by atoms with van der Waals surface area (Å²) in [6.45, 7) is 0.644. The number of benzene rings is 1. The average Bonchev–Trinajstić information content (AvgIpc) is 2.80. The molecule has 1 aliphatic carbocycles. The molecule has 20 heavy (non-hydrogen) atoms. The fraction of sp³-hybridized carbons (Fsp3) is 0.467. The molecule has 0 unspecified atom stereocenters. The zero-order valence-corrected chi connectivity index (χ0v) is 11.2. The van der Waals surface area contributed by atoms with Gasteiger partial charge in [-0.05, 0) is 37.8 Å². The lowest BCUT2D eigenvalue weighted by Gasteiger charge is -2.27. The van der Waals surface area contributed by atoms with Crippen LogP contribution >= 0.6 is 0 Å². The van der Waals surface area contributed by atoms with E-state index in [1.807, 2.05) is 0 Å². The molecule has 1 saturated heterocycles. The molecule has 3 rings (SSSR count). The van der Waals surface area contributed by atoms with Gasteiger partial charge in [0.15, 0.2) is 0 Å². The van der Waals surface area contributed by atoms with Crippen LogP contribution in [0.3, 0.4) is 0 Å². The van der Waals surface area contributed by atoms with Gasteiger partial charge >= 0.3 is 5.97 Å². The third-order valence-electron chi connectivity index (χ3n) is 3.88. The summed E-state index contributed by atoms with van der Waals surface area (Å²) < 4.78 is 5.78. The number of hydrogen-bond acceptors (Lipinski definition) is 3. The van der Waals surface area contributed by atoms with Crippen molar-refractivity contribution in [1.82, 2.24) is 0 Å². The Hall–Kier alpha value is -2.04. The van der Waals surface area contributed by atoms with Crippen LogP contribution in [-0.2, 0) is 4.79 Å². The van der Waals surface area contributed by atoms with Gasteiger partial charge in [0.2, 0.25) is 5.91 Å². The van der Waals surface area contributed by atoms with Crippen LogP contribution < -0.4 is 9.64 Å². The van der Waals surface area contributed by atoms with E-state index in [1.165, 1.54) is 6.07 Å². The Morgan fingerprint density at radius 2 is 2.05 bits per heavy atom. The topological polar surface area (TPSA) is 66.8 Å². The number of rotatable bonds is 4. The normalized spacial score (nSPS) is 19.0. The molecule has 106 valence electrons. The van der Waals surface area contributed by atoms with Crippen molar-refractivity contribution in [2.75, 3.05) is 11.4 Å². The van der Waals surface area contributed by atoms with Crippen molar-refractivity contribution in [3.63, 3.8) is 0 Å². The van der Waals surface area contributed by atoms with E-state index in [-0.39, 0.29) is 17.6 Å². The maximum atomic E-state index is 11.8. The fourth-order valence-electron chi connectivity index (χ4n) is 2.53. The number of nitrogens with zero attached hydrogens (tertiary/aromatic N) is 1. The van der Waals surface area contributed by atoms with Gasteiger partial charge < -0.3 is 14.7 Å². The third-order valence-corrected chi connectivity index (χ3v) is 3.88. The predicted octanol–water partition coefficient (Wildman–Crippen LogP) is 2.44. The zero-order valence-electron chi connectivity index (χ0n) is 11.2. The summed E-state index contributed by atoms with van der Waals surface area (Å²) in [5.41, 5.74) is 0.790. The van der Waals surface area contributed by atoms with Crippen molar-refractivity contribution in [3.05, 3.63) is 23.8 Å². The summed E-state index contributed by atoms with van der Waals surface area (Å²) >= 11 is 0. The highest BCUT2D eigenvalue weighted by atomic mass is 16.5. The number of amides is 1. The average molecular weight is 275 g/mol. The van der Waals surface area contributed by atoms with Gasteiger partial charge in [-0.3, -0.25) is 4.79 Å². The van der Waals surface area contributed by atoms with Gasteiger partial charge in [0.25, 0.3) is 0 Å². The molecule has 5 nitrogen and oxygen atoms in total. The summed E-state index contributed by atoms with van der Waals surface area (Å²) in [4.78, 5) is 24.6. The van der Waals surface area contributed by atoms with E-state index >= 15 is 0 Å². The van der Waals surface area contributed by atoms with Crippen LogP contribution in [0.15, 0.2) is 18.2 Å². The second-order valence-electron chi connectivity index (χ2n) is 5.34. The van der Waals surface area contributed by atoms with Gasteiger partial charge in [-0.15, -0.1) is 0 Å². The van der Waals surface area contributed by atoms with Crippen LogP contribution in [0.4, 0.5) is 5.69 Å². The Kier molecular flexibility index (Phi) is 3.34. The summed E-state index contributed by atoms with van der Waals surface area (Å²) in [7, 11) is 0. The SMILES string of the molecule is O=C(O)c1cc(OC2CCC2)cc(N2CCCC2=O)c1. The van der Waals surface area contributed by atoms with E-state index in [0.29, 0.717) is 24.4 Å². The molecule has 5 heteroatoms. The summed E-state index contributed by atoms with van der Waals surface area (Å²) in [6, 6.07) is 4.85. The van der Waals surface area contributed by atoms with E-state index in [9.17, 15) is 14.7 Å². The molecule has 2 aliphatic rings. The minimum Gasteiger partial charge on any atom is -0.490 e. The maximum absolute atomic E-state index is 11.8. The summed E-state index contributed by atoms with van der Waals surface area (Å²) in [6.07, 6.45) is 4.69. The highest BCUT2D eigenvalue weighted by Gasteiger charge is 2.25. The van der Waals surface area contributed by atoms with Gasteiger partial charge in [-0.25, -0.2) is 4.79 Å². The van der Waals surface area contributed by atoms with Crippen molar-refractivity contribution in [1.29, 1.82) is 0 Å². The van der Waals surface area contributed by atoms with Crippen molar-refractivity contribution >= 4 is 17.6 Å². The van der Waals surface area contributed by atoms with Crippen LogP contribution in [0.5, 0.6) is 5.75 Å². The minimum atomic E-state index is -1.00. The largest absolute Gasteiger partial charge is 0.490 e. The van der Waals surface area contributed by atoms with E-state index < -0.39 is 5.97 Å². The van der Waals surface area contributed by atoms with E-state index in [4.69, 9.17) is 4.74 Å². The number of carbonyl (C=O) groups is 2. The number of anilines is 1. The Morgan fingerprint density at radius 1 is 1.25 bits per heavy atom. The monoisotopic (exact) mass is 275 g/mol. The molecule has 1 aromatic carbocycles. The fourth-order valence-corrected chi connectivity index (χ4v) is 2.53. The number of aromatic carboxylic acids is 1. The lowest BCUT2D eigenvalue weighted by molar-refractivity contribution is -0.117. The van der Waals surface area contributed by atoms with Crippen molar-refractivity contribution < 1.29 is 19.4 Å². The molecule has 0 spiro atoms. The predicted molar refractivity (Wildman–Crippen MR) is 73.3 cm³/mol. The number of ether oxygens (including phenoxy) is 1. The molecule has 1 aliphatic heterocycles. The smallest absolute Gasteiger partial charge is 0.335 e. The third kappa shape index (κ3) is 2.48. The molecule has 0 radical (unpaired) electrons. The van der Waals surface area contributed by atoms with Crippen molar-refractivity contribution in [2.45, 2.75) is 38.2 Å². The number of carboxylic acid groups (broad SMARTS) is 1.